The summed E-state index contributed by atoms with van der Waals surface area (Å²) in [5, 5.41) is 16.2. The first-order valence-corrected chi connectivity index (χ1v) is 14.7. The lowest BCUT2D eigenvalue weighted by atomic mass is 9.91. The summed E-state index contributed by atoms with van der Waals surface area (Å²) in [6, 6.07) is 11.2. The van der Waals surface area contributed by atoms with Gasteiger partial charge in [-0.3, -0.25) is 4.79 Å². The number of benzene rings is 1. The molecule has 1 saturated heterocycles. The average molecular weight is 616 g/mol. The van der Waals surface area contributed by atoms with Gasteiger partial charge in [-0.2, -0.15) is 17.9 Å². The summed E-state index contributed by atoms with van der Waals surface area (Å²) >= 11 is 0.589. The lowest BCUT2D eigenvalue weighted by Gasteiger charge is -2.24. The fourth-order valence-electron chi connectivity index (χ4n) is 4.88. The molecule has 2 fully saturated rings. The summed E-state index contributed by atoms with van der Waals surface area (Å²) in [6.45, 7) is 0.362. The van der Waals surface area contributed by atoms with Crippen LogP contribution in [-0.2, 0) is 35.9 Å². The van der Waals surface area contributed by atoms with Crippen LogP contribution in [0.4, 0.5) is 18.0 Å². The predicted octanol–water partition coefficient (Wildman–Crippen LogP) is 3.77. The van der Waals surface area contributed by atoms with Gasteiger partial charge in [-0.15, -0.1) is 11.3 Å². The monoisotopic (exact) mass is 615 g/mol. The average Bonchev–Trinajstić information content (AvgIpc) is 3.49. The number of carbonyl (C=O) groups excluding carboxylic acids is 1. The van der Waals surface area contributed by atoms with Crippen LogP contribution in [0.25, 0.3) is 10.6 Å². The van der Waals surface area contributed by atoms with E-state index in [2.05, 4.69) is 19.7 Å². The molecule has 220 valence electrons. The highest BCUT2D eigenvalue weighted by Gasteiger charge is 2.75. The van der Waals surface area contributed by atoms with E-state index in [-0.39, 0.29) is 33.8 Å². The van der Waals surface area contributed by atoms with Crippen LogP contribution < -0.4 is 10.0 Å². The minimum atomic E-state index is -4.77. The first kappa shape index (κ1) is 29.0. The topological polar surface area (TPSA) is 157 Å². The summed E-state index contributed by atoms with van der Waals surface area (Å²) in [5.74, 6) is -2.84. The molecule has 11 nitrogen and oxygen atoms in total. The van der Waals surface area contributed by atoms with Crippen LogP contribution in [0.2, 0.25) is 0 Å². The fourth-order valence-corrected chi connectivity index (χ4v) is 7.56. The molecule has 2 aliphatic rings. The predicted molar refractivity (Wildman–Crippen MR) is 137 cm³/mol. The van der Waals surface area contributed by atoms with Gasteiger partial charge in [0.15, 0.2) is 0 Å². The van der Waals surface area contributed by atoms with Crippen molar-refractivity contribution in [1.82, 2.24) is 15.2 Å². The first-order chi connectivity index (χ1) is 19.4. The van der Waals surface area contributed by atoms with E-state index in [0.29, 0.717) is 29.6 Å². The number of carboxylic acids is 1. The van der Waals surface area contributed by atoms with Crippen LogP contribution in [0.1, 0.15) is 30.6 Å². The summed E-state index contributed by atoms with van der Waals surface area (Å²) in [6.07, 6.45) is -4.30. The van der Waals surface area contributed by atoms with Crippen molar-refractivity contribution < 1.29 is 50.3 Å². The van der Waals surface area contributed by atoms with Crippen molar-refractivity contribution in [2.45, 2.75) is 46.7 Å². The van der Waals surface area contributed by atoms with Gasteiger partial charge in [-0.25, -0.2) is 13.2 Å². The number of ether oxygens (including phenoxy) is 2. The summed E-state index contributed by atoms with van der Waals surface area (Å²) < 4.78 is 82.5. The number of alkyl halides is 3. The molecule has 0 bridgehead atoms. The van der Waals surface area contributed by atoms with E-state index in [1.807, 2.05) is 0 Å². The SMILES string of the molecule is O=C(NC[C@H]1CCCO1)OCC1(c2ccccc2)CC1(NS(=O)(=O)c1ccc(-c2cc(C(F)(F)F)on2)s1)C(=O)O. The fraction of sp³-hybridized carbons (Fsp3) is 0.400. The van der Waals surface area contributed by atoms with Crippen molar-refractivity contribution >= 4 is 33.4 Å². The summed E-state index contributed by atoms with van der Waals surface area (Å²) in [4.78, 5) is 25.1. The van der Waals surface area contributed by atoms with E-state index in [1.54, 1.807) is 30.3 Å². The van der Waals surface area contributed by atoms with Crippen LogP contribution in [-0.4, -0.2) is 62.1 Å². The molecular weight excluding hydrogens is 591 g/mol. The number of nitrogens with zero attached hydrogens (tertiary/aromatic N) is 1. The van der Waals surface area contributed by atoms with E-state index in [1.165, 1.54) is 6.07 Å². The van der Waals surface area contributed by atoms with Gasteiger partial charge in [0, 0.05) is 19.2 Å². The van der Waals surface area contributed by atoms with Crippen LogP contribution in [0, 0.1) is 0 Å². The van der Waals surface area contributed by atoms with Crippen LogP contribution in [0.5, 0.6) is 0 Å². The number of carboxylic acid groups (broad SMARTS) is 1. The minimum absolute atomic E-state index is 0.0605. The number of halogens is 3. The Morgan fingerprint density at radius 3 is 2.59 bits per heavy atom. The molecule has 5 rings (SSSR count). The molecule has 3 atom stereocenters. The number of carbonyl (C=O) groups is 2. The number of alkyl carbamates (subject to hydrolysis) is 1. The number of sulfonamides is 1. The second-order valence-electron chi connectivity index (χ2n) is 9.73. The normalized spacial score (nSPS) is 24.2. The third-order valence-electron chi connectivity index (χ3n) is 7.09. The Kier molecular flexibility index (Phi) is 7.61. The van der Waals surface area contributed by atoms with Crippen LogP contribution in [0.15, 0.2) is 57.3 Å². The van der Waals surface area contributed by atoms with Crippen molar-refractivity contribution in [3.05, 3.63) is 59.9 Å². The zero-order chi connectivity index (χ0) is 29.5. The van der Waals surface area contributed by atoms with Gasteiger partial charge < -0.3 is 24.4 Å². The Bertz CT molecular complexity index is 1540. The number of amides is 1. The minimum Gasteiger partial charge on any atom is -0.480 e. The Balaban J connectivity index is 1.37. The molecule has 2 aromatic heterocycles. The highest BCUT2D eigenvalue weighted by atomic mass is 32.2. The van der Waals surface area contributed by atoms with Crippen molar-refractivity contribution in [1.29, 1.82) is 0 Å². The van der Waals surface area contributed by atoms with Crippen molar-refractivity contribution in [2.75, 3.05) is 19.8 Å². The number of hydrogen-bond donors (Lipinski definition) is 3. The van der Waals surface area contributed by atoms with Gasteiger partial charge in [-0.05, 0) is 37.0 Å². The summed E-state index contributed by atoms with van der Waals surface area (Å²) in [7, 11) is -4.51. The number of thiophene rings is 1. The van der Waals surface area contributed by atoms with Crippen LogP contribution >= 0.6 is 11.3 Å². The van der Waals surface area contributed by atoms with E-state index in [9.17, 15) is 36.3 Å². The molecule has 0 radical (unpaired) electrons. The van der Waals surface area contributed by atoms with Crippen molar-refractivity contribution in [2.24, 2.45) is 0 Å². The molecular formula is C25H24F3N3O8S2. The molecule has 1 aliphatic carbocycles. The van der Waals surface area contributed by atoms with Crippen molar-refractivity contribution in [3.63, 3.8) is 0 Å². The van der Waals surface area contributed by atoms with Gasteiger partial charge in [0.1, 0.15) is 22.0 Å². The number of hydrogen-bond acceptors (Lipinski definition) is 9. The number of rotatable bonds is 10. The molecule has 1 saturated carbocycles. The quantitative estimate of drug-likeness (QED) is 0.309. The van der Waals surface area contributed by atoms with Gasteiger partial charge in [0.25, 0.3) is 10.0 Å². The molecule has 1 aromatic carbocycles. The van der Waals surface area contributed by atoms with Gasteiger partial charge in [-0.1, -0.05) is 35.5 Å². The second kappa shape index (κ2) is 10.7. The zero-order valence-electron chi connectivity index (χ0n) is 21.1. The highest BCUT2D eigenvalue weighted by Crippen LogP contribution is 2.59. The lowest BCUT2D eigenvalue weighted by molar-refractivity contribution is -0.155. The largest absolute Gasteiger partial charge is 0.480 e. The molecule has 2 unspecified atom stereocenters. The maximum Gasteiger partial charge on any atom is 0.452 e. The molecule has 1 amide bonds. The standard InChI is InChI=1S/C25H24F3N3O8S2/c26-25(27,28)19-11-17(30-39-19)18-8-9-20(40-18)41(35,36)31-24(21(32)33)13-23(24,15-5-2-1-3-6-15)14-38-22(34)29-12-16-7-4-10-37-16/h1-3,5-6,8-9,11,16,31H,4,7,10,12-14H2,(H,29,34)(H,32,33)/t16-,23?,24?/m1/s1. The Labute approximate surface area is 235 Å². The van der Waals surface area contributed by atoms with E-state index in [4.69, 9.17) is 9.47 Å². The van der Waals surface area contributed by atoms with Crippen molar-refractivity contribution in [3.8, 4) is 10.6 Å². The number of aliphatic carboxylic acids is 1. The third kappa shape index (κ3) is 5.68. The molecule has 0 spiro atoms. The maximum absolute atomic E-state index is 13.4. The Morgan fingerprint density at radius 1 is 1.20 bits per heavy atom. The summed E-state index contributed by atoms with van der Waals surface area (Å²) in [5.41, 5.74) is -3.32. The smallest absolute Gasteiger partial charge is 0.452 e. The molecule has 16 heteroatoms. The van der Waals surface area contributed by atoms with Crippen LogP contribution in [0.3, 0.4) is 0 Å². The lowest BCUT2D eigenvalue weighted by Crippen LogP contribution is -2.50. The molecule has 41 heavy (non-hydrogen) atoms. The van der Waals surface area contributed by atoms with Gasteiger partial charge >= 0.3 is 18.2 Å². The van der Waals surface area contributed by atoms with Gasteiger partial charge in [0.2, 0.25) is 5.76 Å². The Hall–Kier alpha value is -3.47. The number of nitrogens with one attached hydrogen (secondary N) is 2. The molecule has 3 heterocycles. The molecule has 3 aromatic rings. The van der Waals surface area contributed by atoms with E-state index >= 15 is 0 Å². The highest BCUT2D eigenvalue weighted by molar-refractivity contribution is 7.91. The third-order valence-corrected chi connectivity index (χ3v) is 10.2. The molecule has 3 N–H and O–H groups in total. The maximum atomic E-state index is 13.4. The van der Waals surface area contributed by atoms with E-state index < -0.39 is 51.6 Å². The zero-order valence-corrected chi connectivity index (χ0v) is 22.8. The first-order valence-electron chi connectivity index (χ1n) is 12.4. The Morgan fingerprint density at radius 2 is 1.95 bits per heavy atom. The molecule has 1 aliphatic heterocycles. The van der Waals surface area contributed by atoms with Gasteiger partial charge in [0.05, 0.1) is 16.4 Å². The van der Waals surface area contributed by atoms with E-state index in [0.717, 1.165) is 18.9 Å². The second-order valence-corrected chi connectivity index (χ2v) is 12.7. The number of aromatic nitrogens is 1.